The first-order valence-electron chi connectivity index (χ1n) is 14.6. The van der Waals surface area contributed by atoms with Gasteiger partial charge in [-0.15, -0.1) is 0 Å². The summed E-state index contributed by atoms with van der Waals surface area (Å²) >= 11 is 0. The summed E-state index contributed by atoms with van der Waals surface area (Å²) < 4.78 is 18.0. The highest BCUT2D eigenvalue weighted by Crippen LogP contribution is 2.59. The molecule has 2 aromatic carbocycles. The first-order chi connectivity index (χ1) is 20.4. The zero-order chi connectivity index (χ0) is 29.5. The van der Waals surface area contributed by atoms with Crippen molar-refractivity contribution in [3.05, 3.63) is 84.5 Å². The number of cyclic esters (lactones) is 1. The molecule has 6 rings (SSSR count). The van der Waals surface area contributed by atoms with E-state index < -0.39 is 53.6 Å². The number of rotatable bonds is 6. The molecule has 220 valence electrons. The smallest absolute Gasteiger partial charge is 0.313 e. The van der Waals surface area contributed by atoms with Crippen LogP contribution in [0, 0.1) is 11.8 Å². The van der Waals surface area contributed by atoms with Gasteiger partial charge < -0.3 is 29.1 Å². The van der Waals surface area contributed by atoms with E-state index in [9.17, 15) is 19.5 Å². The number of aliphatic hydroxyl groups is 1. The number of methoxy groups -OCH3 is 1. The van der Waals surface area contributed by atoms with Gasteiger partial charge in [-0.1, -0.05) is 61.6 Å². The molecule has 4 aliphatic heterocycles. The number of hydrogen-bond donors (Lipinski definition) is 1. The maximum Gasteiger partial charge on any atom is 0.313 e. The number of aliphatic hydroxyl groups excluding tert-OH is 1. The summed E-state index contributed by atoms with van der Waals surface area (Å²) in [5.41, 5.74) is -1.28. The Labute approximate surface area is 245 Å². The molecule has 2 aromatic rings. The van der Waals surface area contributed by atoms with Crippen molar-refractivity contribution in [3.8, 4) is 5.75 Å². The third-order valence-electron chi connectivity index (χ3n) is 9.15. The number of ether oxygens (including phenoxy) is 3. The zero-order valence-electron chi connectivity index (χ0n) is 23.8. The monoisotopic (exact) mass is 572 g/mol. The highest BCUT2D eigenvalue weighted by Gasteiger charge is 2.76. The summed E-state index contributed by atoms with van der Waals surface area (Å²) in [7, 11) is 1.58. The number of amides is 2. The molecule has 2 saturated heterocycles. The first-order valence-corrected chi connectivity index (χ1v) is 14.6. The van der Waals surface area contributed by atoms with Gasteiger partial charge in [0.15, 0.2) is 0 Å². The number of carbonyl (C=O) groups excluding carboxylic acids is 3. The Morgan fingerprint density at radius 3 is 2.45 bits per heavy atom. The maximum absolute atomic E-state index is 14.8. The average Bonchev–Trinajstić information content (AvgIpc) is 3.40. The van der Waals surface area contributed by atoms with E-state index in [-0.39, 0.29) is 19.1 Å². The van der Waals surface area contributed by atoms with Crippen LogP contribution in [-0.2, 0) is 23.9 Å². The van der Waals surface area contributed by atoms with Crippen LogP contribution < -0.4 is 9.64 Å². The molecule has 1 N–H and O–H groups in total. The highest BCUT2D eigenvalue weighted by molar-refractivity contribution is 6.05. The van der Waals surface area contributed by atoms with Crippen molar-refractivity contribution in [2.24, 2.45) is 11.8 Å². The molecular formula is C33H36N2O7. The fraction of sp³-hybridized carbons (Fsp3) is 0.424. The van der Waals surface area contributed by atoms with E-state index in [1.807, 2.05) is 55.5 Å². The van der Waals surface area contributed by atoms with Gasteiger partial charge in [-0.05, 0) is 49.1 Å². The number of allylic oxidation sites excluding steroid dienone is 1. The third-order valence-corrected chi connectivity index (χ3v) is 9.15. The van der Waals surface area contributed by atoms with Crippen molar-refractivity contribution in [1.82, 2.24) is 4.90 Å². The van der Waals surface area contributed by atoms with Crippen LogP contribution in [-0.4, -0.2) is 71.9 Å². The van der Waals surface area contributed by atoms with E-state index in [1.54, 1.807) is 42.4 Å². The molecular weight excluding hydrogens is 536 g/mol. The lowest BCUT2D eigenvalue weighted by Crippen LogP contribution is -2.57. The molecule has 0 bridgehead atoms. The van der Waals surface area contributed by atoms with Crippen LogP contribution in [0.3, 0.4) is 0 Å². The van der Waals surface area contributed by atoms with Crippen molar-refractivity contribution < 1.29 is 33.7 Å². The number of carbonyl (C=O) groups is 3. The zero-order valence-corrected chi connectivity index (χ0v) is 23.8. The molecule has 2 fully saturated rings. The quantitative estimate of drug-likeness (QED) is 0.417. The summed E-state index contributed by atoms with van der Waals surface area (Å²) in [6.45, 7) is 1.98. The summed E-state index contributed by atoms with van der Waals surface area (Å²) in [5.74, 6) is -2.61. The van der Waals surface area contributed by atoms with E-state index in [0.29, 0.717) is 36.3 Å². The number of hydrogen-bond acceptors (Lipinski definition) is 7. The molecule has 4 heterocycles. The van der Waals surface area contributed by atoms with E-state index in [2.05, 4.69) is 0 Å². The summed E-state index contributed by atoms with van der Waals surface area (Å²) in [6, 6.07) is 14.3. The molecule has 2 amide bonds. The number of nitrogens with zero attached hydrogens (tertiary/aromatic N) is 2. The van der Waals surface area contributed by atoms with Crippen LogP contribution in [0.25, 0.3) is 0 Å². The number of fused-ring (bicyclic) bond motifs is 2. The lowest BCUT2D eigenvalue weighted by Gasteiger charge is -2.41. The minimum atomic E-state index is -1.46. The van der Waals surface area contributed by atoms with Gasteiger partial charge in [0, 0.05) is 12.2 Å². The molecule has 1 spiro atoms. The van der Waals surface area contributed by atoms with Gasteiger partial charge in [-0.25, -0.2) is 0 Å². The summed E-state index contributed by atoms with van der Waals surface area (Å²) in [6.07, 6.45) is 9.31. The maximum atomic E-state index is 14.8. The van der Waals surface area contributed by atoms with Gasteiger partial charge >= 0.3 is 5.97 Å². The summed E-state index contributed by atoms with van der Waals surface area (Å²) in [5, 5.41) is 10.7. The molecule has 0 aliphatic carbocycles. The summed E-state index contributed by atoms with van der Waals surface area (Å²) in [4.78, 5) is 46.3. The van der Waals surface area contributed by atoms with Gasteiger partial charge in [-0.3, -0.25) is 14.4 Å². The normalized spacial score (nSPS) is 32.1. The Morgan fingerprint density at radius 2 is 1.76 bits per heavy atom. The average molecular weight is 573 g/mol. The van der Waals surface area contributed by atoms with Crippen molar-refractivity contribution in [1.29, 1.82) is 0 Å². The van der Waals surface area contributed by atoms with E-state index >= 15 is 0 Å². The van der Waals surface area contributed by atoms with Crippen LogP contribution in [0.2, 0.25) is 0 Å². The lowest BCUT2D eigenvalue weighted by molar-refractivity contribution is -0.161. The SMILES string of the molecule is CC[C@]12/C=C\CCCOC(=O)[C@H]1[C@H]1C(=O)N([C@H](CO)c3ccccc3)C3C(=O)N(c4ccc(OC)cc4)CC=C[C@@]31O2. The molecule has 9 nitrogen and oxygen atoms in total. The van der Waals surface area contributed by atoms with Gasteiger partial charge in [0.1, 0.15) is 28.9 Å². The first kappa shape index (κ1) is 28.2. The van der Waals surface area contributed by atoms with Crippen LogP contribution in [0.1, 0.15) is 37.8 Å². The standard InChI is InChI=1S/C33H36N2O7/c1-3-32-17-8-5-9-20-41-31(39)27(32)26-29(37)35(25(21-36)22-11-6-4-7-12-22)28-30(38)34(19-10-18-33(26,28)42-32)23-13-15-24(40-2)16-14-23/h4,6-8,10-18,25-28,36H,3,5,9,19-21H2,1-2H3/b17-8-/t25-,26+,27-,28?,32+,33+/m1/s1. The number of benzene rings is 2. The highest BCUT2D eigenvalue weighted by atomic mass is 16.6. The van der Waals surface area contributed by atoms with Crippen LogP contribution in [0.4, 0.5) is 5.69 Å². The molecule has 1 unspecified atom stereocenters. The minimum Gasteiger partial charge on any atom is -0.497 e. The fourth-order valence-electron chi connectivity index (χ4n) is 7.17. The van der Waals surface area contributed by atoms with Crippen molar-refractivity contribution in [2.75, 3.05) is 31.8 Å². The second kappa shape index (κ2) is 11.0. The Bertz CT molecular complexity index is 1410. The van der Waals surface area contributed by atoms with Crippen molar-refractivity contribution in [3.63, 3.8) is 0 Å². The largest absolute Gasteiger partial charge is 0.497 e. The lowest BCUT2D eigenvalue weighted by atomic mass is 9.73. The Balaban J connectivity index is 1.54. The van der Waals surface area contributed by atoms with Gasteiger partial charge in [0.2, 0.25) is 5.91 Å². The van der Waals surface area contributed by atoms with Crippen molar-refractivity contribution >= 4 is 23.5 Å². The third kappa shape index (κ3) is 4.25. The molecule has 4 aliphatic rings. The topological polar surface area (TPSA) is 106 Å². The second-order valence-corrected chi connectivity index (χ2v) is 11.2. The predicted molar refractivity (Wildman–Crippen MR) is 155 cm³/mol. The molecule has 9 heteroatoms. The molecule has 0 saturated carbocycles. The Morgan fingerprint density at radius 1 is 1.00 bits per heavy atom. The van der Waals surface area contributed by atoms with Crippen molar-refractivity contribution in [2.45, 2.75) is 49.5 Å². The van der Waals surface area contributed by atoms with E-state index in [1.165, 1.54) is 4.90 Å². The minimum absolute atomic E-state index is 0.237. The van der Waals surface area contributed by atoms with Crippen LogP contribution in [0.15, 0.2) is 78.9 Å². The van der Waals surface area contributed by atoms with Crippen LogP contribution >= 0.6 is 0 Å². The molecule has 6 atom stereocenters. The predicted octanol–water partition coefficient (Wildman–Crippen LogP) is 3.59. The number of likely N-dealkylation sites (tertiary alicyclic amines) is 1. The second-order valence-electron chi connectivity index (χ2n) is 11.2. The van der Waals surface area contributed by atoms with E-state index in [4.69, 9.17) is 14.2 Å². The van der Waals surface area contributed by atoms with Gasteiger partial charge in [0.05, 0.1) is 32.3 Å². The van der Waals surface area contributed by atoms with E-state index in [0.717, 1.165) is 0 Å². The molecule has 0 aromatic heterocycles. The Hall–Kier alpha value is -3.95. The van der Waals surface area contributed by atoms with Gasteiger partial charge in [-0.2, -0.15) is 0 Å². The number of anilines is 1. The van der Waals surface area contributed by atoms with Crippen LogP contribution in [0.5, 0.6) is 5.75 Å². The number of esters is 1. The Kier molecular flexibility index (Phi) is 7.41. The van der Waals surface area contributed by atoms with Gasteiger partial charge in [0.25, 0.3) is 5.91 Å². The molecule has 42 heavy (non-hydrogen) atoms. The fourth-order valence-corrected chi connectivity index (χ4v) is 7.17. The molecule has 0 radical (unpaired) electrons.